The van der Waals surface area contributed by atoms with Crippen molar-refractivity contribution in [2.45, 2.75) is 0 Å². The molecule has 1 nitrogen and oxygen atoms in total. The quantitative estimate of drug-likeness (QED) is 0.674. The van der Waals surface area contributed by atoms with Crippen molar-refractivity contribution in [1.82, 2.24) is 0 Å². The molecule has 1 radical (unpaired) electrons. The number of carbonyl (C=O) groups excluding carboxylic acids is 1. The molecular formula is C11H6ClO. The van der Waals surface area contributed by atoms with Crippen molar-refractivity contribution in [3.63, 3.8) is 0 Å². The van der Waals surface area contributed by atoms with Gasteiger partial charge in [0.15, 0.2) is 0 Å². The van der Waals surface area contributed by atoms with E-state index in [0.717, 1.165) is 10.8 Å². The molecule has 0 aromatic heterocycles. The number of hydrogen-bond acceptors (Lipinski definition) is 1. The fraction of sp³-hybridized carbons (Fsp3) is 0. The predicted molar refractivity (Wildman–Crippen MR) is 53.8 cm³/mol. The van der Waals surface area contributed by atoms with Crippen LogP contribution in [-0.4, -0.2) is 6.29 Å². The summed E-state index contributed by atoms with van der Waals surface area (Å²) in [7, 11) is 0. The van der Waals surface area contributed by atoms with Gasteiger partial charge in [-0.1, -0.05) is 29.8 Å². The van der Waals surface area contributed by atoms with Crippen LogP contribution in [0.1, 0.15) is 5.56 Å². The molecule has 2 aromatic rings. The highest BCUT2D eigenvalue weighted by Gasteiger charge is 1.96. The van der Waals surface area contributed by atoms with Crippen LogP contribution >= 0.6 is 11.6 Å². The first kappa shape index (κ1) is 8.27. The fourth-order valence-electron chi connectivity index (χ4n) is 1.28. The highest BCUT2D eigenvalue weighted by molar-refractivity contribution is 6.31. The number of hydrogen-bond donors (Lipinski definition) is 0. The van der Waals surface area contributed by atoms with Crippen molar-refractivity contribution in [1.29, 1.82) is 0 Å². The summed E-state index contributed by atoms with van der Waals surface area (Å²) in [5.41, 5.74) is 0.565. The zero-order chi connectivity index (χ0) is 9.26. The van der Waals surface area contributed by atoms with Crippen molar-refractivity contribution in [3.8, 4) is 0 Å². The molecule has 0 amide bonds. The van der Waals surface area contributed by atoms with E-state index in [2.05, 4.69) is 0 Å². The van der Waals surface area contributed by atoms with Gasteiger partial charge >= 0.3 is 0 Å². The summed E-state index contributed by atoms with van der Waals surface area (Å²) in [5.74, 6) is 0. The summed E-state index contributed by atoms with van der Waals surface area (Å²) in [6.07, 6.45) is 1.85. The first-order valence-electron chi connectivity index (χ1n) is 3.87. The largest absolute Gasteiger partial charge is 0.285 e. The van der Waals surface area contributed by atoms with E-state index in [-0.39, 0.29) is 0 Å². The second-order valence-electron chi connectivity index (χ2n) is 2.81. The van der Waals surface area contributed by atoms with Crippen LogP contribution in [0.4, 0.5) is 0 Å². The third-order valence-electron chi connectivity index (χ3n) is 1.92. The standard InChI is InChI=1S/C11H6ClO/c12-11-4-3-9-5-8(7-13)1-2-10(9)6-11/h1-6H. The van der Waals surface area contributed by atoms with Crippen LogP contribution in [0.3, 0.4) is 0 Å². The molecule has 0 N–H and O–H groups in total. The van der Waals surface area contributed by atoms with Gasteiger partial charge in [-0.2, -0.15) is 0 Å². The lowest BCUT2D eigenvalue weighted by atomic mass is 10.1. The Kier molecular flexibility index (Phi) is 2.03. The highest BCUT2D eigenvalue weighted by atomic mass is 35.5. The zero-order valence-corrected chi connectivity index (χ0v) is 7.51. The number of rotatable bonds is 1. The van der Waals surface area contributed by atoms with Gasteiger partial charge in [0.25, 0.3) is 0 Å². The van der Waals surface area contributed by atoms with E-state index < -0.39 is 0 Å². The minimum atomic E-state index is 0.565. The Hall–Kier alpha value is -1.34. The molecule has 2 aromatic carbocycles. The average molecular weight is 190 g/mol. The van der Waals surface area contributed by atoms with Crippen LogP contribution in [0.25, 0.3) is 10.8 Å². The second kappa shape index (κ2) is 3.19. The molecule has 63 valence electrons. The smallest absolute Gasteiger partial charge is 0.233 e. The maximum absolute atomic E-state index is 10.4. The van der Waals surface area contributed by atoms with Crippen LogP contribution in [0, 0.1) is 0 Å². The molecule has 0 aliphatic carbocycles. The Morgan fingerprint density at radius 3 is 2.46 bits per heavy atom. The Morgan fingerprint density at radius 2 is 1.69 bits per heavy atom. The van der Waals surface area contributed by atoms with Crippen molar-refractivity contribution < 1.29 is 4.79 Å². The maximum atomic E-state index is 10.4. The van der Waals surface area contributed by atoms with Crippen LogP contribution in [0.15, 0.2) is 36.4 Å². The van der Waals surface area contributed by atoms with Crippen LogP contribution in [-0.2, 0) is 4.79 Å². The topological polar surface area (TPSA) is 17.1 Å². The molecule has 0 unspecified atom stereocenters. The van der Waals surface area contributed by atoms with Gasteiger partial charge in [0.2, 0.25) is 6.29 Å². The van der Waals surface area contributed by atoms with Gasteiger partial charge in [-0.3, -0.25) is 4.79 Å². The molecule has 2 heteroatoms. The summed E-state index contributed by atoms with van der Waals surface area (Å²) >= 11 is 5.81. The molecule has 13 heavy (non-hydrogen) atoms. The van der Waals surface area contributed by atoms with Gasteiger partial charge in [0, 0.05) is 10.6 Å². The van der Waals surface area contributed by atoms with E-state index in [0.29, 0.717) is 10.6 Å². The minimum absolute atomic E-state index is 0.565. The van der Waals surface area contributed by atoms with Crippen LogP contribution < -0.4 is 0 Å². The maximum Gasteiger partial charge on any atom is 0.233 e. The molecule has 2 rings (SSSR count). The van der Waals surface area contributed by atoms with Gasteiger partial charge in [-0.05, 0) is 29.0 Å². The fourth-order valence-corrected chi connectivity index (χ4v) is 1.46. The van der Waals surface area contributed by atoms with Crippen LogP contribution in [0.5, 0.6) is 0 Å². The van der Waals surface area contributed by atoms with E-state index in [1.807, 2.05) is 24.5 Å². The van der Waals surface area contributed by atoms with E-state index in [1.54, 1.807) is 18.2 Å². The Bertz CT molecular complexity index is 463. The molecular weight excluding hydrogens is 184 g/mol. The van der Waals surface area contributed by atoms with E-state index in [9.17, 15) is 4.79 Å². The monoisotopic (exact) mass is 189 g/mol. The highest BCUT2D eigenvalue weighted by Crippen LogP contribution is 2.19. The van der Waals surface area contributed by atoms with Crippen LogP contribution in [0.2, 0.25) is 5.02 Å². The Morgan fingerprint density at radius 1 is 1.00 bits per heavy atom. The van der Waals surface area contributed by atoms with Crippen molar-refractivity contribution in [2.75, 3.05) is 0 Å². The third-order valence-corrected chi connectivity index (χ3v) is 2.16. The lowest BCUT2D eigenvalue weighted by molar-refractivity contribution is 0.563. The first-order chi connectivity index (χ1) is 6.29. The summed E-state index contributed by atoms with van der Waals surface area (Å²) < 4.78 is 0. The van der Waals surface area contributed by atoms with Gasteiger partial charge in [0.1, 0.15) is 0 Å². The molecule has 0 atom stereocenters. The zero-order valence-electron chi connectivity index (χ0n) is 6.75. The van der Waals surface area contributed by atoms with Gasteiger partial charge < -0.3 is 0 Å². The van der Waals surface area contributed by atoms with E-state index in [1.165, 1.54) is 0 Å². The van der Waals surface area contributed by atoms with E-state index in [4.69, 9.17) is 11.6 Å². The van der Waals surface area contributed by atoms with Crippen molar-refractivity contribution in [3.05, 3.63) is 47.0 Å². The normalized spacial score (nSPS) is 10.2. The lowest BCUT2D eigenvalue weighted by Crippen LogP contribution is -1.79. The minimum Gasteiger partial charge on any atom is -0.285 e. The molecule has 0 saturated carbocycles. The molecule has 0 fully saturated rings. The summed E-state index contributed by atoms with van der Waals surface area (Å²) in [6, 6.07) is 10.9. The van der Waals surface area contributed by atoms with Crippen molar-refractivity contribution in [2.24, 2.45) is 0 Å². The third kappa shape index (κ3) is 1.56. The SMILES string of the molecule is O=[C]c1ccc2cc(Cl)ccc2c1. The molecule has 0 aliphatic rings. The molecule has 0 saturated heterocycles. The molecule has 0 spiro atoms. The molecule has 0 heterocycles. The van der Waals surface area contributed by atoms with Gasteiger partial charge in [-0.15, -0.1) is 0 Å². The second-order valence-corrected chi connectivity index (χ2v) is 3.24. The number of benzene rings is 2. The van der Waals surface area contributed by atoms with Gasteiger partial charge in [-0.25, -0.2) is 0 Å². The van der Waals surface area contributed by atoms with Crippen molar-refractivity contribution >= 4 is 28.7 Å². The molecule has 0 aliphatic heterocycles. The average Bonchev–Trinajstić information content (AvgIpc) is 2.17. The lowest BCUT2D eigenvalue weighted by Gasteiger charge is -1.98. The molecule has 0 bridgehead atoms. The Labute approximate surface area is 80.9 Å². The predicted octanol–water partition coefficient (Wildman–Crippen LogP) is 2.95. The summed E-state index contributed by atoms with van der Waals surface area (Å²) in [6.45, 7) is 0. The van der Waals surface area contributed by atoms with E-state index >= 15 is 0 Å². The number of halogens is 1. The first-order valence-corrected chi connectivity index (χ1v) is 4.25. The summed E-state index contributed by atoms with van der Waals surface area (Å²) in [4.78, 5) is 10.4. The summed E-state index contributed by atoms with van der Waals surface area (Å²) in [5, 5.41) is 2.74. The van der Waals surface area contributed by atoms with Gasteiger partial charge in [0.05, 0.1) is 0 Å². The Balaban J connectivity index is 2.73. The number of fused-ring (bicyclic) bond motifs is 1.